The van der Waals surface area contributed by atoms with Crippen molar-refractivity contribution in [3.63, 3.8) is 0 Å². The summed E-state index contributed by atoms with van der Waals surface area (Å²) in [5, 5.41) is 14.7. The quantitative estimate of drug-likeness (QED) is 0.0669. The van der Waals surface area contributed by atoms with Gasteiger partial charge in [-0.05, 0) is 6.26 Å². The van der Waals surface area contributed by atoms with Crippen molar-refractivity contribution in [3.05, 3.63) is 0 Å². The van der Waals surface area contributed by atoms with E-state index in [0.29, 0.717) is 23.6 Å². The summed E-state index contributed by atoms with van der Waals surface area (Å²) >= 11 is 11.3. The van der Waals surface area contributed by atoms with E-state index in [2.05, 4.69) is 10.3 Å². The van der Waals surface area contributed by atoms with Crippen LogP contribution in [0.2, 0.25) is 0 Å². The number of nitrogens with zero attached hydrogens (tertiary/aromatic N) is 1. The monoisotopic (exact) mass is 500 g/mol. The topological polar surface area (TPSA) is 89.4 Å². The molecule has 0 aliphatic rings. The minimum Gasteiger partial charge on any atom is -0.438 e. The molecular weight excluding hydrogens is 477 g/mol. The Hall–Kier alpha value is 1.11. The first kappa shape index (κ1) is 27.1. The van der Waals surface area contributed by atoms with E-state index in [1.165, 1.54) is 29.9 Å². The number of carbonyl (C=O) groups excluding carboxylic acids is 1. The van der Waals surface area contributed by atoms with Gasteiger partial charge in [-0.2, -0.15) is 16.6 Å². The molecule has 1 amide bonds. The SMILES string of the molecule is CSCSCOC(=O)NCSCSCSCN=COOCSCSCO. The van der Waals surface area contributed by atoms with Gasteiger partial charge in [-0.15, -0.1) is 70.6 Å². The average molecular weight is 501 g/mol. The second-order valence-corrected chi connectivity index (χ2v) is 11.8. The molecule has 0 saturated carbocycles. The van der Waals surface area contributed by atoms with Gasteiger partial charge in [0.1, 0.15) is 11.9 Å². The lowest BCUT2D eigenvalue weighted by Gasteiger charge is -2.06. The fourth-order valence-electron chi connectivity index (χ4n) is 0.940. The number of amides is 1. The maximum Gasteiger partial charge on any atom is 0.408 e. The van der Waals surface area contributed by atoms with Crippen molar-refractivity contribution in [3.8, 4) is 0 Å². The van der Waals surface area contributed by atoms with Crippen LogP contribution in [0.3, 0.4) is 0 Å². The van der Waals surface area contributed by atoms with Crippen molar-refractivity contribution in [2.24, 2.45) is 4.99 Å². The van der Waals surface area contributed by atoms with Crippen LogP contribution in [-0.2, 0) is 14.5 Å². The van der Waals surface area contributed by atoms with Crippen LogP contribution in [0.1, 0.15) is 0 Å². The fourth-order valence-corrected chi connectivity index (χ4v) is 6.08. The first-order valence-electron chi connectivity index (χ1n) is 7.04. The molecule has 0 aromatic heterocycles. The van der Waals surface area contributed by atoms with Crippen molar-refractivity contribution in [1.82, 2.24) is 5.32 Å². The van der Waals surface area contributed by atoms with E-state index in [1.807, 2.05) is 6.26 Å². The lowest BCUT2D eigenvalue weighted by atomic mass is 11.1. The molecule has 0 aromatic carbocycles. The standard InChI is InChI=1S/C12H24N2O5S7/c1-20-8-24-6-17-12(16)14-4-22-10-26-9-21-3-13-2-18-19-7-25-11-23-5-15/h2,15H,3-11H2,1H3,(H,14,16). The third kappa shape index (κ3) is 23.1. The van der Waals surface area contributed by atoms with Gasteiger partial charge in [-0.3, -0.25) is 0 Å². The number of thioether (sulfide) groups is 7. The van der Waals surface area contributed by atoms with Crippen LogP contribution in [-0.4, -0.2) is 73.8 Å². The number of nitrogens with one attached hydrogen (secondary N) is 1. The van der Waals surface area contributed by atoms with Gasteiger partial charge in [0.05, 0.1) is 17.7 Å². The molecule has 0 aliphatic carbocycles. The zero-order chi connectivity index (χ0) is 19.1. The van der Waals surface area contributed by atoms with Crippen molar-refractivity contribution in [2.45, 2.75) is 0 Å². The molecule has 0 rings (SSSR count). The Balaban J connectivity index is 3.16. The molecule has 2 N–H and O–H groups in total. The second-order valence-electron chi connectivity index (χ2n) is 3.73. The van der Waals surface area contributed by atoms with Crippen LogP contribution in [0.25, 0.3) is 0 Å². The fraction of sp³-hybridized carbons (Fsp3) is 0.833. The van der Waals surface area contributed by atoms with E-state index < -0.39 is 0 Å². The Kier molecular flexibility index (Phi) is 25.2. The van der Waals surface area contributed by atoms with Gasteiger partial charge in [0.15, 0.2) is 0 Å². The van der Waals surface area contributed by atoms with Crippen LogP contribution >= 0.6 is 82.3 Å². The van der Waals surface area contributed by atoms with Crippen molar-refractivity contribution in [2.75, 3.05) is 56.2 Å². The lowest BCUT2D eigenvalue weighted by Crippen LogP contribution is -2.23. The van der Waals surface area contributed by atoms with Gasteiger partial charge in [0, 0.05) is 20.3 Å². The highest BCUT2D eigenvalue weighted by Gasteiger charge is 2.00. The van der Waals surface area contributed by atoms with E-state index in [0.717, 1.165) is 20.3 Å². The van der Waals surface area contributed by atoms with E-state index in [-0.39, 0.29) is 12.0 Å². The lowest BCUT2D eigenvalue weighted by molar-refractivity contribution is -0.196. The van der Waals surface area contributed by atoms with Gasteiger partial charge >= 0.3 is 6.09 Å². The Labute approximate surface area is 184 Å². The molecule has 0 heterocycles. The number of aliphatic imine (C=N–C) groups is 1. The van der Waals surface area contributed by atoms with Crippen LogP contribution in [0.15, 0.2) is 4.99 Å². The normalized spacial score (nSPS) is 11.0. The minimum absolute atomic E-state index is 0.115. The molecule has 14 heteroatoms. The van der Waals surface area contributed by atoms with Gasteiger partial charge in [-0.1, -0.05) is 0 Å². The molecule has 26 heavy (non-hydrogen) atoms. The summed E-state index contributed by atoms with van der Waals surface area (Å²) in [6, 6.07) is 0. The summed E-state index contributed by atoms with van der Waals surface area (Å²) in [6.45, 7) is 0. The molecule has 0 atom stereocenters. The van der Waals surface area contributed by atoms with Gasteiger partial charge in [-0.25, -0.2) is 9.79 Å². The molecular formula is C12H24N2O5S7. The summed E-state index contributed by atoms with van der Waals surface area (Å²) in [6.07, 6.45) is 2.93. The Morgan fingerprint density at radius 1 is 1.04 bits per heavy atom. The Morgan fingerprint density at radius 3 is 2.62 bits per heavy atom. The summed E-state index contributed by atoms with van der Waals surface area (Å²) in [7, 11) is 0. The molecule has 0 aliphatic heterocycles. The molecule has 0 saturated heterocycles. The first-order chi connectivity index (χ1) is 12.8. The molecule has 0 unspecified atom stereocenters. The van der Waals surface area contributed by atoms with E-state index >= 15 is 0 Å². The zero-order valence-electron chi connectivity index (χ0n) is 14.3. The highest BCUT2D eigenvalue weighted by molar-refractivity contribution is 8.22. The Morgan fingerprint density at radius 2 is 1.81 bits per heavy atom. The second kappa shape index (κ2) is 24.1. The number of aliphatic hydroxyl groups is 1. The number of hydrogen-bond acceptors (Lipinski definition) is 13. The van der Waals surface area contributed by atoms with E-state index in [1.54, 1.807) is 58.8 Å². The predicted octanol–water partition coefficient (Wildman–Crippen LogP) is 4.06. The summed E-state index contributed by atoms with van der Waals surface area (Å²) in [5.41, 5.74) is 0. The number of aliphatic hydroxyl groups excluding tert-OH is 1. The minimum atomic E-state index is -0.368. The number of ether oxygens (including phenoxy) is 1. The van der Waals surface area contributed by atoms with Crippen molar-refractivity contribution >= 4 is 94.8 Å². The molecule has 7 nitrogen and oxygen atoms in total. The van der Waals surface area contributed by atoms with E-state index in [4.69, 9.17) is 19.6 Å². The number of hydrogen-bond donors (Lipinski definition) is 2. The highest BCUT2D eigenvalue weighted by atomic mass is 32.2. The Bertz CT molecular complexity index is 345. The van der Waals surface area contributed by atoms with Gasteiger partial charge < -0.3 is 20.0 Å². The van der Waals surface area contributed by atoms with Crippen molar-refractivity contribution < 1.29 is 24.4 Å². The van der Waals surface area contributed by atoms with Gasteiger partial charge in [0.25, 0.3) is 0 Å². The maximum absolute atomic E-state index is 11.3. The summed E-state index contributed by atoms with van der Waals surface area (Å²) < 4.78 is 4.99. The maximum atomic E-state index is 11.3. The molecule has 0 aromatic rings. The van der Waals surface area contributed by atoms with Crippen LogP contribution < -0.4 is 5.32 Å². The van der Waals surface area contributed by atoms with Crippen LogP contribution in [0.5, 0.6) is 0 Å². The average Bonchev–Trinajstić information content (AvgIpc) is 2.65. The molecule has 0 spiro atoms. The van der Waals surface area contributed by atoms with Crippen LogP contribution in [0, 0.1) is 0 Å². The van der Waals surface area contributed by atoms with Crippen molar-refractivity contribution in [1.29, 1.82) is 0 Å². The smallest absolute Gasteiger partial charge is 0.408 e. The number of rotatable bonds is 19. The third-order valence-corrected chi connectivity index (χ3v) is 8.89. The largest absolute Gasteiger partial charge is 0.438 e. The first-order valence-corrected chi connectivity index (χ1v) is 15.4. The number of alkyl carbamates (subject to hydrolysis) is 1. The molecule has 0 bridgehead atoms. The highest BCUT2D eigenvalue weighted by Crippen LogP contribution is 2.17. The van der Waals surface area contributed by atoms with Gasteiger partial charge in [0.2, 0.25) is 6.40 Å². The van der Waals surface area contributed by atoms with Crippen LogP contribution in [0.4, 0.5) is 4.79 Å². The number of carbonyl (C=O) groups is 1. The molecule has 0 fully saturated rings. The summed E-state index contributed by atoms with van der Waals surface area (Å²) in [5.74, 6) is 2.05. The zero-order valence-corrected chi connectivity index (χ0v) is 20.0. The predicted molar refractivity (Wildman–Crippen MR) is 125 cm³/mol. The third-order valence-electron chi connectivity index (χ3n) is 1.87. The molecule has 154 valence electrons. The molecule has 0 radical (unpaired) electrons. The van der Waals surface area contributed by atoms with E-state index in [9.17, 15) is 4.79 Å². The summed E-state index contributed by atoms with van der Waals surface area (Å²) in [4.78, 5) is 25.0.